The largest absolute Gasteiger partial charge is 0.497 e. The first kappa shape index (κ1) is 29.8. The van der Waals surface area contributed by atoms with Crippen LogP contribution in [0.1, 0.15) is 35.6 Å². The molecule has 7 nitrogen and oxygen atoms in total. The van der Waals surface area contributed by atoms with Crippen molar-refractivity contribution in [2.24, 2.45) is 22.4 Å². The average molecular weight is 570 g/mol. The lowest BCUT2D eigenvalue weighted by Gasteiger charge is -2.21. The topological polar surface area (TPSA) is 115 Å². The molecule has 0 aliphatic heterocycles. The first-order valence-electron chi connectivity index (χ1n) is 13.0. The minimum atomic E-state index is -4.90. The number of amides is 1. The molecule has 11 heteroatoms. The van der Waals surface area contributed by atoms with E-state index < -0.39 is 29.3 Å². The van der Waals surface area contributed by atoms with Gasteiger partial charge in [0.25, 0.3) is 5.91 Å². The van der Waals surface area contributed by atoms with Gasteiger partial charge in [-0.25, -0.2) is 9.38 Å². The summed E-state index contributed by atoms with van der Waals surface area (Å²) < 4.78 is 59.9. The van der Waals surface area contributed by atoms with Gasteiger partial charge in [-0.15, -0.1) is 0 Å². The molecule has 1 atom stereocenters. The van der Waals surface area contributed by atoms with Gasteiger partial charge in [-0.2, -0.15) is 13.2 Å². The number of rotatable bonds is 11. The Morgan fingerprint density at radius 3 is 2.44 bits per heavy atom. The van der Waals surface area contributed by atoms with Crippen LogP contribution in [0.5, 0.6) is 5.75 Å². The van der Waals surface area contributed by atoms with Crippen molar-refractivity contribution in [2.45, 2.75) is 31.6 Å². The fraction of sp³-hybridized carbons (Fsp3) is 0.267. The van der Waals surface area contributed by atoms with Crippen LogP contribution in [-0.2, 0) is 11.3 Å². The van der Waals surface area contributed by atoms with Crippen molar-refractivity contribution >= 4 is 23.0 Å². The lowest BCUT2D eigenvalue weighted by molar-refractivity contribution is -0.110. The van der Waals surface area contributed by atoms with E-state index in [-0.39, 0.29) is 24.0 Å². The SMILES string of the molecule is COc1ccc(C(NCC2CC2)c2ccc(F)c(NC(=O)C(/C=C(\N)C(F)(F)F)=Nc3cccc(CN)c3)c2)cc1. The molecule has 41 heavy (non-hydrogen) atoms. The molecule has 3 aromatic rings. The minimum absolute atomic E-state index is 0.160. The third kappa shape index (κ3) is 8.15. The summed E-state index contributed by atoms with van der Waals surface area (Å²) in [6, 6.07) is 17.6. The van der Waals surface area contributed by atoms with Crippen molar-refractivity contribution in [1.82, 2.24) is 5.32 Å². The fourth-order valence-electron chi connectivity index (χ4n) is 4.11. The Balaban J connectivity index is 1.67. The first-order chi connectivity index (χ1) is 19.6. The van der Waals surface area contributed by atoms with Crippen molar-refractivity contribution in [1.29, 1.82) is 0 Å². The molecule has 0 bridgehead atoms. The number of benzene rings is 3. The molecule has 0 heterocycles. The highest BCUT2D eigenvalue weighted by Gasteiger charge is 2.32. The fourth-order valence-corrected chi connectivity index (χ4v) is 4.11. The summed E-state index contributed by atoms with van der Waals surface area (Å²) in [5.41, 5.74) is 10.8. The van der Waals surface area contributed by atoms with Crippen LogP contribution in [0.2, 0.25) is 0 Å². The summed E-state index contributed by atoms with van der Waals surface area (Å²) in [5, 5.41) is 5.87. The van der Waals surface area contributed by atoms with Crippen LogP contribution in [0.25, 0.3) is 0 Å². The maximum atomic E-state index is 14.9. The Kier molecular flexibility index (Phi) is 9.41. The number of aliphatic imine (C=N–C) groups is 1. The lowest BCUT2D eigenvalue weighted by Crippen LogP contribution is -2.27. The van der Waals surface area contributed by atoms with E-state index in [4.69, 9.17) is 16.2 Å². The van der Waals surface area contributed by atoms with E-state index >= 15 is 0 Å². The smallest absolute Gasteiger partial charge is 0.430 e. The van der Waals surface area contributed by atoms with Crippen molar-refractivity contribution in [3.8, 4) is 5.75 Å². The van der Waals surface area contributed by atoms with E-state index in [1.165, 1.54) is 24.3 Å². The quantitative estimate of drug-likeness (QED) is 0.180. The first-order valence-corrected chi connectivity index (χ1v) is 13.0. The molecule has 1 aliphatic carbocycles. The number of nitrogens with two attached hydrogens (primary N) is 2. The number of carbonyl (C=O) groups is 1. The van der Waals surface area contributed by atoms with E-state index in [1.54, 1.807) is 25.3 Å². The molecule has 0 radical (unpaired) electrons. The second-order valence-corrected chi connectivity index (χ2v) is 9.72. The van der Waals surface area contributed by atoms with Crippen LogP contribution in [0, 0.1) is 11.7 Å². The number of allylic oxidation sites excluding steroid dienone is 1. The van der Waals surface area contributed by atoms with Gasteiger partial charge < -0.3 is 26.8 Å². The summed E-state index contributed by atoms with van der Waals surface area (Å²) in [6.45, 7) is 0.906. The van der Waals surface area contributed by atoms with Crippen molar-refractivity contribution in [3.05, 3.63) is 101 Å². The summed E-state index contributed by atoms with van der Waals surface area (Å²) >= 11 is 0. The molecule has 1 unspecified atom stereocenters. The van der Waals surface area contributed by atoms with Gasteiger partial charge in [0.2, 0.25) is 0 Å². The third-order valence-electron chi connectivity index (χ3n) is 6.58. The number of nitrogens with zero attached hydrogens (tertiary/aromatic N) is 1. The van der Waals surface area contributed by atoms with Gasteiger partial charge in [-0.3, -0.25) is 4.79 Å². The Hall–Kier alpha value is -4.22. The maximum absolute atomic E-state index is 14.9. The lowest BCUT2D eigenvalue weighted by atomic mass is 9.97. The number of carbonyl (C=O) groups excluding carboxylic acids is 1. The number of methoxy groups -OCH3 is 1. The summed E-state index contributed by atoms with van der Waals surface area (Å²) in [7, 11) is 1.57. The monoisotopic (exact) mass is 569 g/mol. The van der Waals surface area contributed by atoms with Gasteiger partial charge in [0.1, 0.15) is 23.0 Å². The van der Waals surface area contributed by atoms with Crippen LogP contribution in [-0.4, -0.2) is 31.4 Å². The average Bonchev–Trinajstić information content (AvgIpc) is 3.79. The Labute approximate surface area is 235 Å². The third-order valence-corrected chi connectivity index (χ3v) is 6.58. The minimum Gasteiger partial charge on any atom is -0.497 e. The maximum Gasteiger partial charge on any atom is 0.430 e. The van der Waals surface area contributed by atoms with Gasteiger partial charge in [-0.05, 0) is 84.5 Å². The second-order valence-electron chi connectivity index (χ2n) is 9.72. The molecule has 0 spiro atoms. The highest BCUT2D eigenvalue weighted by Crippen LogP contribution is 2.32. The van der Waals surface area contributed by atoms with Gasteiger partial charge in [0, 0.05) is 6.54 Å². The number of ether oxygens (including phenoxy) is 1. The molecule has 1 amide bonds. The predicted molar refractivity (Wildman–Crippen MR) is 150 cm³/mol. The molecule has 6 N–H and O–H groups in total. The van der Waals surface area contributed by atoms with Crippen molar-refractivity contribution < 1.29 is 27.1 Å². The van der Waals surface area contributed by atoms with E-state index in [2.05, 4.69) is 15.6 Å². The van der Waals surface area contributed by atoms with Gasteiger partial charge in [-0.1, -0.05) is 30.3 Å². The number of alkyl halides is 3. The normalized spacial score (nSPS) is 15.0. The predicted octanol–water partition coefficient (Wildman–Crippen LogP) is 5.50. The number of anilines is 1. The van der Waals surface area contributed by atoms with Crippen LogP contribution >= 0.6 is 0 Å². The summed E-state index contributed by atoms with van der Waals surface area (Å²) in [5.74, 6) is -0.608. The van der Waals surface area contributed by atoms with Crippen molar-refractivity contribution in [3.63, 3.8) is 0 Å². The molecule has 0 saturated heterocycles. The number of nitrogens with one attached hydrogen (secondary N) is 2. The summed E-state index contributed by atoms with van der Waals surface area (Å²) in [6.07, 6.45) is -2.23. The molecule has 0 aromatic heterocycles. The van der Waals surface area contributed by atoms with Crippen LogP contribution in [0.15, 0.2) is 83.5 Å². The van der Waals surface area contributed by atoms with E-state index in [0.717, 1.165) is 24.9 Å². The zero-order valence-electron chi connectivity index (χ0n) is 22.3. The second kappa shape index (κ2) is 13.0. The van der Waals surface area contributed by atoms with Crippen LogP contribution in [0.3, 0.4) is 0 Å². The number of halogens is 4. The molecule has 1 aliphatic rings. The number of hydrogen-bond donors (Lipinski definition) is 4. The van der Waals surface area contributed by atoms with Gasteiger partial charge in [0.15, 0.2) is 0 Å². The van der Waals surface area contributed by atoms with Gasteiger partial charge >= 0.3 is 6.18 Å². The van der Waals surface area contributed by atoms with E-state index in [9.17, 15) is 22.4 Å². The molecule has 4 rings (SSSR count). The number of hydrogen-bond acceptors (Lipinski definition) is 6. The Morgan fingerprint density at radius 1 is 1.10 bits per heavy atom. The molecular weight excluding hydrogens is 538 g/mol. The van der Waals surface area contributed by atoms with Gasteiger partial charge in [0.05, 0.1) is 24.5 Å². The van der Waals surface area contributed by atoms with Crippen molar-refractivity contribution in [2.75, 3.05) is 19.0 Å². The Bertz CT molecular complexity index is 1430. The molecule has 1 fully saturated rings. The van der Waals surface area contributed by atoms with Crippen LogP contribution in [0.4, 0.5) is 28.9 Å². The molecule has 1 saturated carbocycles. The highest BCUT2D eigenvalue weighted by molar-refractivity contribution is 6.47. The summed E-state index contributed by atoms with van der Waals surface area (Å²) in [4.78, 5) is 17.3. The zero-order valence-corrected chi connectivity index (χ0v) is 22.3. The zero-order chi connectivity index (χ0) is 29.6. The standard InChI is InChI=1S/C30H31F4N5O2/c1-41-23-10-7-20(8-11-23)28(37-17-18-5-6-18)21-9-12-24(31)25(14-21)39-29(40)26(15-27(36)30(32,33)34)38-22-4-2-3-19(13-22)16-35/h2-4,7-15,18,28,37H,5-6,16-17,35-36H2,1H3,(H,39,40)/b27-15-,38-26?. The molecule has 216 valence electrons. The highest BCUT2D eigenvalue weighted by atomic mass is 19.4. The van der Waals surface area contributed by atoms with E-state index in [1.807, 2.05) is 24.3 Å². The molecule has 3 aromatic carbocycles. The molecular formula is C30H31F4N5O2. The Morgan fingerprint density at radius 2 is 1.80 bits per heavy atom. The van der Waals surface area contributed by atoms with E-state index in [0.29, 0.717) is 28.9 Å². The van der Waals surface area contributed by atoms with Crippen LogP contribution < -0.4 is 26.8 Å².